The van der Waals surface area contributed by atoms with Gasteiger partial charge in [0.15, 0.2) is 0 Å². The molecule has 0 aliphatic heterocycles. The highest BCUT2D eigenvalue weighted by atomic mass is 16.5. The molecule has 4 nitrogen and oxygen atoms in total. The maximum atomic E-state index is 11.7. The van der Waals surface area contributed by atoms with Crippen molar-refractivity contribution < 1.29 is 9.53 Å². The van der Waals surface area contributed by atoms with Gasteiger partial charge in [-0.3, -0.25) is 4.79 Å². The second-order valence-electron chi connectivity index (χ2n) is 6.17. The van der Waals surface area contributed by atoms with Crippen LogP contribution in [0.4, 0.5) is 0 Å². The predicted molar refractivity (Wildman–Crippen MR) is 68.6 cm³/mol. The first kappa shape index (κ1) is 14.5. The van der Waals surface area contributed by atoms with E-state index in [0.717, 1.165) is 6.42 Å². The van der Waals surface area contributed by atoms with Crippen LogP contribution in [0, 0.1) is 10.8 Å². The summed E-state index contributed by atoms with van der Waals surface area (Å²) < 4.78 is 5.23. The van der Waals surface area contributed by atoms with E-state index in [0.29, 0.717) is 6.61 Å². The van der Waals surface area contributed by atoms with E-state index in [2.05, 4.69) is 33.0 Å². The molecule has 1 aliphatic carbocycles. The summed E-state index contributed by atoms with van der Waals surface area (Å²) in [5.74, 6) is -0.0449. The first-order valence-electron chi connectivity index (χ1n) is 6.37. The lowest BCUT2D eigenvalue weighted by Gasteiger charge is -2.62. The molecule has 0 spiro atoms. The van der Waals surface area contributed by atoms with Gasteiger partial charge in [-0.05, 0) is 6.42 Å². The summed E-state index contributed by atoms with van der Waals surface area (Å²) in [4.78, 5) is 11.7. The zero-order valence-electron chi connectivity index (χ0n) is 11.7. The summed E-state index contributed by atoms with van der Waals surface area (Å²) in [6.45, 7) is 11.2. The molecular formula is C13H26N2O2. The lowest BCUT2D eigenvalue weighted by molar-refractivity contribution is -0.136. The van der Waals surface area contributed by atoms with Crippen molar-refractivity contribution in [2.24, 2.45) is 16.6 Å². The molecule has 1 amide bonds. The molecule has 1 aliphatic rings. The van der Waals surface area contributed by atoms with Crippen LogP contribution in [-0.4, -0.2) is 31.2 Å². The Balaban J connectivity index is 2.48. The Labute approximate surface area is 104 Å². The largest absolute Gasteiger partial charge is 0.372 e. The highest BCUT2D eigenvalue weighted by Gasteiger charge is 2.60. The lowest BCUT2D eigenvalue weighted by atomic mass is 9.48. The van der Waals surface area contributed by atoms with Gasteiger partial charge >= 0.3 is 0 Å². The Morgan fingerprint density at radius 3 is 2.29 bits per heavy atom. The Morgan fingerprint density at radius 1 is 1.29 bits per heavy atom. The summed E-state index contributed by atoms with van der Waals surface area (Å²) in [6.07, 6.45) is 0.929. The number of carbonyl (C=O) groups excluding carboxylic acids is 1. The lowest BCUT2D eigenvalue weighted by Crippen LogP contribution is -2.76. The van der Waals surface area contributed by atoms with Crippen molar-refractivity contribution in [2.75, 3.05) is 13.2 Å². The minimum absolute atomic E-state index is 0.0449. The van der Waals surface area contributed by atoms with Crippen molar-refractivity contribution in [1.29, 1.82) is 0 Å². The summed E-state index contributed by atoms with van der Waals surface area (Å²) >= 11 is 0. The third-order valence-corrected chi connectivity index (χ3v) is 3.98. The number of carbonyl (C=O) groups is 1. The molecule has 100 valence electrons. The Morgan fingerprint density at radius 2 is 1.82 bits per heavy atom. The normalized spacial score (nSPS) is 29.5. The zero-order chi connectivity index (χ0) is 13.3. The van der Waals surface area contributed by atoms with E-state index in [1.54, 1.807) is 0 Å². The highest BCUT2D eigenvalue weighted by Crippen LogP contribution is 2.52. The van der Waals surface area contributed by atoms with Crippen LogP contribution < -0.4 is 11.1 Å². The average Bonchev–Trinajstić information content (AvgIpc) is 2.25. The van der Waals surface area contributed by atoms with Gasteiger partial charge < -0.3 is 15.8 Å². The maximum absolute atomic E-state index is 11.7. The number of ether oxygens (including phenoxy) is 1. The molecule has 0 atom stereocenters. The minimum atomic E-state index is -0.0517. The molecule has 1 rings (SSSR count). The van der Waals surface area contributed by atoms with E-state index in [1.165, 1.54) is 0 Å². The quantitative estimate of drug-likeness (QED) is 0.714. The molecule has 4 heteroatoms. The first-order chi connectivity index (χ1) is 7.74. The van der Waals surface area contributed by atoms with Crippen LogP contribution in [0.15, 0.2) is 0 Å². The monoisotopic (exact) mass is 242 g/mol. The number of hydrogen-bond donors (Lipinski definition) is 2. The van der Waals surface area contributed by atoms with Gasteiger partial charge in [0.1, 0.15) is 6.61 Å². The van der Waals surface area contributed by atoms with Gasteiger partial charge in [-0.2, -0.15) is 0 Å². The number of rotatable bonds is 5. The van der Waals surface area contributed by atoms with E-state index < -0.39 is 0 Å². The summed E-state index contributed by atoms with van der Waals surface area (Å²) in [5, 5.41) is 3.04. The van der Waals surface area contributed by atoms with Gasteiger partial charge in [-0.25, -0.2) is 0 Å². The highest BCUT2D eigenvalue weighted by molar-refractivity contribution is 5.78. The van der Waals surface area contributed by atoms with Crippen LogP contribution >= 0.6 is 0 Å². The van der Waals surface area contributed by atoms with Crippen molar-refractivity contribution in [3.63, 3.8) is 0 Å². The van der Waals surface area contributed by atoms with E-state index in [-0.39, 0.29) is 35.4 Å². The van der Waals surface area contributed by atoms with Gasteiger partial charge in [-0.15, -0.1) is 0 Å². The van der Waals surface area contributed by atoms with Gasteiger partial charge in [0.2, 0.25) is 5.91 Å². The molecule has 1 fully saturated rings. The Kier molecular flexibility index (Phi) is 4.20. The maximum Gasteiger partial charge on any atom is 0.246 e. The van der Waals surface area contributed by atoms with Crippen LogP contribution in [0.25, 0.3) is 0 Å². The fraction of sp³-hybridized carbons (Fsp3) is 0.923. The second kappa shape index (κ2) is 4.94. The standard InChI is InChI=1S/C13H26N2O2/c1-6-7-17-8-9(16)15-11-12(2,3)10(14)13(11,4)5/h10-11H,6-8,14H2,1-5H3,(H,15,16). The van der Waals surface area contributed by atoms with Crippen molar-refractivity contribution >= 4 is 5.91 Å². The molecule has 0 aromatic heterocycles. The van der Waals surface area contributed by atoms with E-state index in [9.17, 15) is 4.79 Å². The van der Waals surface area contributed by atoms with Gasteiger partial charge in [0, 0.05) is 29.5 Å². The molecule has 0 heterocycles. The molecule has 0 saturated heterocycles. The molecule has 17 heavy (non-hydrogen) atoms. The predicted octanol–water partition coefficient (Wildman–Crippen LogP) is 1.29. The molecule has 0 unspecified atom stereocenters. The first-order valence-corrected chi connectivity index (χ1v) is 6.37. The topological polar surface area (TPSA) is 64.3 Å². The van der Waals surface area contributed by atoms with Crippen LogP contribution in [0.1, 0.15) is 41.0 Å². The molecular weight excluding hydrogens is 216 g/mol. The number of nitrogens with two attached hydrogens (primary N) is 1. The number of nitrogens with one attached hydrogen (secondary N) is 1. The fourth-order valence-electron chi connectivity index (χ4n) is 3.06. The SMILES string of the molecule is CCCOCC(=O)NC1C(C)(C)C(N)C1(C)C. The third kappa shape index (κ3) is 2.63. The molecule has 3 N–H and O–H groups in total. The van der Waals surface area contributed by atoms with E-state index >= 15 is 0 Å². The van der Waals surface area contributed by atoms with Crippen molar-refractivity contribution in [3.05, 3.63) is 0 Å². The van der Waals surface area contributed by atoms with Gasteiger partial charge in [0.25, 0.3) is 0 Å². The van der Waals surface area contributed by atoms with Crippen molar-refractivity contribution in [3.8, 4) is 0 Å². The molecule has 0 aromatic carbocycles. The second-order valence-corrected chi connectivity index (χ2v) is 6.17. The van der Waals surface area contributed by atoms with Crippen LogP contribution in [-0.2, 0) is 9.53 Å². The summed E-state index contributed by atoms with van der Waals surface area (Å²) in [5.41, 5.74) is 6.04. The Bertz CT molecular complexity index is 271. The minimum Gasteiger partial charge on any atom is -0.372 e. The summed E-state index contributed by atoms with van der Waals surface area (Å²) in [7, 11) is 0. The Hall–Kier alpha value is -0.610. The number of amides is 1. The number of hydrogen-bond acceptors (Lipinski definition) is 3. The van der Waals surface area contributed by atoms with Crippen LogP contribution in [0.2, 0.25) is 0 Å². The smallest absolute Gasteiger partial charge is 0.246 e. The van der Waals surface area contributed by atoms with E-state index in [4.69, 9.17) is 10.5 Å². The van der Waals surface area contributed by atoms with Crippen LogP contribution in [0.3, 0.4) is 0 Å². The molecule has 0 aromatic rings. The zero-order valence-corrected chi connectivity index (χ0v) is 11.7. The third-order valence-electron chi connectivity index (χ3n) is 3.98. The van der Waals surface area contributed by atoms with Crippen molar-refractivity contribution in [1.82, 2.24) is 5.32 Å². The molecule has 0 radical (unpaired) electrons. The summed E-state index contributed by atoms with van der Waals surface area (Å²) in [6, 6.07) is 0.222. The molecule has 0 bridgehead atoms. The van der Waals surface area contributed by atoms with E-state index in [1.807, 2.05) is 6.92 Å². The van der Waals surface area contributed by atoms with Gasteiger partial charge in [-0.1, -0.05) is 34.6 Å². The average molecular weight is 242 g/mol. The van der Waals surface area contributed by atoms with Crippen molar-refractivity contribution in [2.45, 2.75) is 53.1 Å². The molecule has 1 saturated carbocycles. The van der Waals surface area contributed by atoms with Gasteiger partial charge in [0.05, 0.1) is 0 Å². The fourth-order valence-corrected chi connectivity index (χ4v) is 3.06. The van der Waals surface area contributed by atoms with Crippen LogP contribution in [0.5, 0.6) is 0 Å².